The van der Waals surface area contributed by atoms with Gasteiger partial charge >= 0.3 is 0 Å². The number of Topliss-reactive ketones (excluding diaryl/α,β-unsaturated/α-hetero) is 1. The normalized spacial score (nSPS) is 10.2. The van der Waals surface area contributed by atoms with Gasteiger partial charge in [-0.05, 0) is 31.0 Å². The number of hydrogen-bond acceptors (Lipinski definition) is 2. The van der Waals surface area contributed by atoms with Crippen molar-refractivity contribution in [3.63, 3.8) is 0 Å². The van der Waals surface area contributed by atoms with Crippen molar-refractivity contribution in [2.75, 3.05) is 6.54 Å². The second-order valence-corrected chi connectivity index (χ2v) is 4.88. The van der Waals surface area contributed by atoms with Gasteiger partial charge in [0.1, 0.15) is 5.78 Å². The van der Waals surface area contributed by atoms with Crippen LogP contribution < -0.4 is 5.32 Å². The van der Waals surface area contributed by atoms with Crippen LogP contribution in [-0.2, 0) is 16.0 Å². The summed E-state index contributed by atoms with van der Waals surface area (Å²) in [5, 5.41) is 3.94. The summed E-state index contributed by atoms with van der Waals surface area (Å²) in [5.74, 6) is -0.0961. The van der Waals surface area contributed by atoms with Crippen LogP contribution in [-0.4, -0.2) is 18.2 Å². The molecule has 0 radical (unpaired) electrons. The van der Waals surface area contributed by atoms with Crippen molar-refractivity contribution in [1.29, 1.82) is 0 Å². The summed E-state index contributed by atoms with van der Waals surface area (Å²) < 4.78 is 0. The Morgan fingerprint density at radius 1 is 1.22 bits per heavy atom. The maximum absolute atomic E-state index is 11.4. The summed E-state index contributed by atoms with van der Waals surface area (Å²) in [5.41, 5.74) is 0.938. The first-order valence-electron chi connectivity index (χ1n) is 5.69. The fourth-order valence-corrected chi connectivity index (χ4v) is 1.94. The molecule has 0 aromatic heterocycles. The van der Waals surface area contributed by atoms with Gasteiger partial charge in [-0.25, -0.2) is 0 Å². The van der Waals surface area contributed by atoms with Crippen LogP contribution in [0.3, 0.4) is 0 Å². The van der Waals surface area contributed by atoms with Gasteiger partial charge in [0.15, 0.2) is 0 Å². The van der Waals surface area contributed by atoms with Crippen molar-refractivity contribution in [2.45, 2.75) is 26.2 Å². The molecule has 1 amide bonds. The number of carbonyl (C=O) groups excluding carboxylic acids is 2. The number of nitrogens with one attached hydrogen (secondary N) is 1. The molecule has 1 aromatic carbocycles. The smallest absolute Gasteiger partial charge is 0.220 e. The van der Waals surface area contributed by atoms with Crippen molar-refractivity contribution in [1.82, 2.24) is 5.32 Å². The van der Waals surface area contributed by atoms with Crippen LogP contribution in [0.5, 0.6) is 0 Å². The number of ketones is 1. The highest BCUT2D eigenvalue weighted by atomic mass is 35.5. The van der Waals surface area contributed by atoms with Gasteiger partial charge < -0.3 is 10.1 Å². The van der Waals surface area contributed by atoms with Crippen LogP contribution in [0.15, 0.2) is 18.2 Å². The average molecular weight is 288 g/mol. The second-order valence-electron chi connectivity index (χ2n) is 4.04. The van der Waals surface area contributed by atoms with Crippen molar-refractivity contribution in [3.8, 4) is 0 Å². The molecule has 3 nitrogen and oxygen atoms in total. The van der Waals surface area contributed by atoms with E-state index in [0.29, 0.717) is 23.0 Å². The molecule has 0 unspecified atom stereocenters. The van der Waals surface area contributed by atoms with Crippen molar-refractivity contribution < 1.29 is 9.59 Å². The van der Waals surface area contributed by atoms with Crippen molar-refractivity contribution in [3.05, 3.63) is 33.8 Å². The molecule has 5 heteroatoms. The Bertz CT molecular complexity index is 447. The predicted octanol–water partition coefficient (Wildman–Crippen LogP) is 3.02. The maximum atomic E-state index is 11.4. The van der Waals surface area contributed by atoms with Gasteiger partial charge in [0.25, 0.3) is 0 Å². The molecule has 0 fully saturated rings. The summed E-state index contributed by atoms with van der Waals surface area (Å²) >= 11 is 11.8. The molecule has 0 atom stereocenters. The minimum atomic E-state index is -0.115. The van der Waals surface area contributed by atoms with E-state index in [-0.39, 0.29) is 24.5 Å². The van der Waals surface area contributed by atoms with Gasteiger partial charge in [-0.15, -0.1) is 0 Å². The van der Waals surface area contributed by atoms with E-state index < -0.39 is 0 Å². The molecular weight excluding hydrogens is 273 g/mol. The SMILES string of the molecule is CC(=O)CCC(=O)NCCc1ccc(Cl)cc1Cl. The Labute approximate surface area is 116 Å². The van der Waals surface area contributed by atoms with Crippen LogP contribution in [0, 0.1) is 0 Å². The lowest BCUT2D eigenvalue weighted by Crippen LogP contribution is -2.25. The van der Waals surface area contributed by atoms with E-state index in [2.05, 4.69) is 5.32 Å². The summed E-state index contributed by atoms with van der Waals surface area (Å²) in [4.78, 5) is 22.1. The van der Waals surface area contributed by atoms with E-state index >= 15 is 0 Å². The minimum Gasteiger partial charge on any atom is -0.356 e. The molecule has 1 aromatic rings. The molecule has 0 aliphatic heterocycles. The van der Waals surface area contributed by atoms with E-state index in [4.69, 9.17) is 23.2 Å². The van der Waals surface area contributed by atoms with Gasteiger partial charge in [-0.2, -0.15) is 0 Å². The Balaban J connectivity index is 2.33. The largest absolute Gasteiger partial charge is 0.356 e. The molecule has 1 N–H and O–H groups in total. The number of benzene rings is 1. The monoisotopic (exact) mass is 287 g/mol. The molecule has 0 bridgehead atoms. The molecule has 0 spiro atoms. The number of hydrogen-bond donors (Lipinski definition) is 1. The van der Waals surface area contributed by atoms with Crippen LogP contribution in [0.2, 0.25) is 10.0 Å². The van der Waals surface area contributed by atoms with E-state index in [1.165, 1.54) is 6.92 Å². The van der Waals surface area contributed by atoms with E-state index in [0.717, 1.165) is 5.56 Å². The van der Waals surface area contributed by atoms with Gasteiger partial charge in [0.05, 0.1) is 0 Å². The molecule has 98 valence electrons. The molecule has 0 aliphatic rings. The maximum Gasteiger partial charge on any atom is 0.220 e. The van der Waals surface area contributed by atoms with Crippen LogP contribution in [0.1, 0.15) is 25.3 Å². The Morgan fingerprint density at radius 3 is 2.56 bits per heavy atom. The van der Waals surface area contributed by atoms with E-state index in [1.807, 2.05) is 6.07 Å². The average Bonchev–Trinajstić information content (AvgIpc) is 2.29. The molecule has 1 rings (SSSR count). The lowest BCUT2D eigenvalue weighted by molar-refractivity contribution is -0.124. The third-order valence-corrected chi connectivity index (χ3v) is 3.02. The standard InChI is InChI=1S/C13H15Cl2NO2/c1-9(17)2-5-13(18)16-7-6-10-3-4-11(14)8-12(10)15/h3-4,8H,2,5-7H2,1H3,(H,16,18). The fraction of sp³-hybridized carbons (Fsp3) is 0.385. The Morgan fingerprint density at radius 2 is 1.94 bits per heavy atom. The lowest BCUT2D eigenvalue weighted by Gasteiger charge is -2.06. The van der Waals surface area contributed by atoms with Crippen LogP contribution >= 0.6 is 23.2 Å². The zero-order valence-electron chi connectivity index (χ0n) is 10.1. The van der Waals surface area contributed by atoms with E-state index in [1.54, 1.807) is 12.1 Å². The zero-order valence-corrected chi connectivity index (χ0v) is 11.6. The molecule has 18 heavy (non-hydrogen) atoms. The number of amides is 1. The summed E-state index contributed by atoms with van der Waals surface area (Å²) in [6.45, 7) is 1.97. The first-order chi connectivity index (χ1) is 8.49. The third kappa shape index (κ3) is 5.52. The molecule has 0 saturated carbocycles. The van der Waals surface area contributed by atoms with Gasteiger partial charge in [-0.1, -0.05) is 29.3 Å². The van der Waals surface area contributed by atoms with Crippen molar-refractivity contribution >= 4 is 34.9 Å². The summed E-state index contributed by atoms with van der Waals surface area (Å²) in [6.07, 6.45) is 1.17. The zero-order chi connectivity index (χ0) is 13.5. The number of carbonyl (C=O) groups is 2. The highest BCUT2D eigenvalue weighted by Gasteiger charge is 2.04. The van der Waals surface area contributed by atoms with Crippen molar-refractivity contribution in [2.24, 2.45) is 0 Å². The van der Waals surface area contributed by atoms with Gasteiger partial charge in [0.2, 0.25) is 5.91 Å². The predicted molar refractivity (Wildman–Crippen MR) is 73.1 cm³/mol. The highest BCUT2D eigenvalue weighted by Crippen LogP contribution is 2.20. The van der Waals surface area contributed by atoms with Crippen LogP contribution in [0.4, 0.5) is 0 Å². The lowest BCUT2D eigenvalue weighted by atomic mass is 10.1. The second kappa shape index (κ2) is 7.39. The topological polar surface area (TPSA) is 46.2 Å². The molecule has 0 heterocycles. The first kappa shape index (κ1) is 15.0. The van der Waals surface area contributed by atoms with Crippen LogP contribution in [0.25, 0.3) is 0 Å². The quantitative estimate of drug-likeness (QED) is 0.874. The number of halogens is 2. The van der Waals surface area contributed by atoms with Gasteiger partial charge in [-0.3, -0.25) is 4.79 Å². The number of rotatable bonds is 6. The molecule has 0 aliphatic carbocycles. The summed E-state index contributed by atoms with van der Waals surface area (Å²) in [6, 6.07) is 5.28. The molecule has 0 saturated heterocycles. The van der Waals surface area contributed by atoms with Gasteiger partial charge in [0, 0.05) is 29.4 Å². The Hall–Kier alpha value is -1.06. The fourth-order valence-electron chi connectivity index (χ4n) is 1.44. The van der Waals surface area contributed by atoms with E-state index in [9.17, 15) is 9.59 Å². The first-order valence-corrected chi connectivity index (χ1v) is 6.44. The molecular formula is C13H15Cl2NO2. The Kier molecular flexibility index (Phi) is 6.16. The highest BCUT2D eigenvalue weighted by molar-refractivity contribution is 6.35. The summed E-state index contributed by atoms with van der Waals surface area (Å²) in [7, 11) is 0. The minimum absolute atomic E-state index is 0.0193. The third-order valence-electron chi connectivity index (χ3n) is 2.44.